The van der Waals surface area contributed by atoms with Crippen LogP contribution in [0.25, 0.3) is 0 Å². The third-order valence-corrected chi connectivity index (χ3v) is 117. The zero-order valence-electron chi connectivity index (χ0n) is 81.3. The van der Waals surface area contributed by atoms with Crippen LogP contribution in [0.15, 0.2) is 0 Å². The van der Waals surface area contributed by atoms with E-state index in [2.05, 4.69) is 177 Å². The zero-order chi connectivity index (χ0) is 90.0. The lowest BCUT2D eigenvalue weighted by molar-refractivity contribution is 0.0403. The van der Waals surface area contributed by atoms with Crippen LogP contribution < -0.4 is 0 Å². The summed E-state index contributed by atoms with van der Waals surface area (Å²) in [7, 11) is -72.0. The molecule has 0 aromatic carbocycles. The lowest BCUT2D eigenvalue weighted by atomic mass is 11.8. The van der Waals surface area contributed by atoms with E-state index in [4.69, 9.17) is 120 Å². The largest absolute Gasteiger partial charge is 0.669 e. The van der Waals surface area contributed by atoms with Gasteiger partial charge < -0.3 is 120 Å². The molecule has 0 aliphatic rings. The first-order valence-corrected chi connectivity index (χ1v) is 114. The van der Waals surface area contributed by atoms with Crippen LogP contribution in [0.5, 0.6) is 0 Å². The van der Waals surface area contributed by atoms with Gasteiger partial charge in [0.1, 0.15) is 0 Å². The minimum Gasteiger partial charge on any atom is -0.437 e. The molecule has 0 aromatic heterocycles. The van der Waals surface area contributed by atoms with Crippen molar-refractivity contribution >= 4 is 231 Å². The number of hydrogen-bond donors (Lipinski definition) is 0. The Morgan fingerprint density at radius 1 is 0.0893 bits per heavy atom. The van der Waals surface area contributed by atoms with Crippen LogP contribution in [0, 0.1) is 0 Å². The average molecular weight is 2060 g/mol. The van der Waals surface area contributed by atoms with E-state index < -0.39 is 231 Å². The van der Waals surface area contributed by atoms with E-state index in [0.29, 0.717) is 0 Å². The van der Waals surface area contributed by atoms with Gasteiger partial charge in [-0.1, -0.05) is 0 Å². The smallest absolute Gasteiger partial charge is 0.437 e. The minimum atomic E-state index is -3.37. The molecule has 0 fully saturated rings. The summed E-state index contributed by atoms with van der Waals surface area (Å²) in [6.45, 7) is 109. The van der Waals surface area contributed by atoms with E-state index in [-0.39, 0.29) is 0 Å². The molecular weight excluding hydrogens is 1890 g/mol. The lowest BCUT2D eigenvalue weighted by Crippen LogP contribution is -2.63. The molecule has 56 heteroatoms. The van der Waals surface area contributed by atoms with Crippen molar-refractivity contribution in [2.45, 2.75) is 347 Å². The molecule has 0 saturated heterocycles. The molecule has 674 valence electrons. The van der Waals surface area contributed by atoms with E-state index in [9.17, 15) is 0 Å². The SMILES string of the molecule is CO[Si](OC)(OC)O[Si](C)(C)O[Si](C)(C)O[Si](C)(C)O[Si](C)(C)O[Si](C)(C)O[Si](C)(C)O[Si](C)(C)O[Si](C)(C)O[Si](C)(C)O[Si](C)(C)O[Si](C)(C)O[Si](C)(C)O[Si](C)(C)O[Si](C)(C)O[Si](C)(C)O[Si](C)(C)O[Si](C)(C)O[Si](C)(C)O[Si](C)(C)O[Si](C)(C)O[Si](C)(C)O[Si](C)(C)O[Si](C)(C)O[Si](C)(C)O[Si](C)(C)O[Si](C)(C)C. The minimum absolute atomic E-state index is 1.50. The fourth-order valence-electron chi connectivity index (χ4n) is 16.1. The van der Waals surface area contributed by atoms with Crippen LogP contribution in [-0.2, 0) is 120 Å². The molecule has 0 heterocycles. The topological polar surface area (TPSA) is 268 Å². The highest BCUT2D eigenvalue weighted by Gasteiger charge is 2.58. The Kier molecular flexibility index (Phi) is 41.4. The predicted molar refractivity (Wildman–Crippen MR) is 515 cm³/mol. The van der Waals surface area contributed by atoms with Gasteiger partial charge in [0, 0.05) is 21.3 Å². The van der Waals surface area contributed by atoms with Gasteiger partial charge in [-0.3, -0.25) is 0 Å². The van der Waals surface area contributed by atoms with E-state index in [1.807, 2.05) is 170 Å². The molecule has 0 N–H and O–H groups in total. The van der Waals surface area contributed by atoms with Crippen molar-refractivity contribution in [1.29, 1.82) is 0 Å². The molecule has 0 aliphatic carbocycles. The van der Waals surface area contributed by atoms with Crippen molar-refractivity contribution in [2.24, 2.45) is 0 Å². The summed E-state index contributed by atoms with van der Waals surface area (Å²) >= 11 is 0. The fraction of sp³-hybridized carbons (Fsp3) is 1.00. The first kappa shape index (κ1) is 117. The maximum Gasteiger partial charge on any atom is 0.669 e. The van der Waals surface area contributed by atoms with Crippen LogP contribution in [0.2, 0.25) is 347 Å². The molecule has 0 spiro atoms. The second-order valence-electron chi connectivity index (χ2n) is 40.9. The molecule has 0 amide bonds. The van der Waals surface area contributed by atoms with Gasteiger partial charge in [-0.15, -0.1) is 0 Å². The van der Waals surface area contributed by atoms with E-state index in [1.165, 1.54) is 21.3 Å². The van der Waals surface area contributed by atoms with Gasteiger partial charge >= 0.3 is 223 Å². The fourth-order valence-corrected chi connectivity index (χ4v) is 153. The second-order valence-corrected chi connectivity index (χ2v) is 139. The molecule has 29 nitrogen and oxygen atoms in total. The van der Waals surface area contributed by atoms with Gasteiger partial charge in [0.05, 0.1) is 0 Å². The van der Waals surface area contributed by atoms with Crippen LogP contribution >= 0.6 is 0 Å². The molecule has 112 heavy (non-hydrogen) atoms. The van der Waals surface area contributed by atoms with Crippen molar-refractivity contribution in [2.75, 3.05) is 21.3 Å². The van der Waals surface area contributed by atoms with Gasteiger partial charge in [0.15, 0.2) is 8.32 Å². The summed E-state index contributed by atoms with van der Waals surface area (Å²) in [5.74, 6) is 0. The third-order valence-electron chi connectivity index (χ3n) is 13.5. The summed E-state index contributed by atoms with van der Waals surface area (Å²) in [4.78, 5) is 0. The number of hydrogen-bond acceptors (Lipinski definition) is 29. The van der Waals surface area contributed by atoms with E-state index >= 15 is 0 Å². The summed E-state index contributed by atoms with van der Waals surface area (Å²) in [6.07, 6.45) is 0. The highest BCUT2D eigenvalue weighted by Crippen LogP contribution is 2.37. The maximum atomic E-state index is 7.01. The summed E-state index contributed by atoms with van der Waals surface area (Å²) < 4.78 is 196. The van der Waals surface area contributed by atoms with E-state index in [1.54, 1.807) is 0 Å². The Morgan fingerprint density at radius 2 is 0.152 bits per heavy atom. The van der Waals surface area contributed by atoms with Crippen molar-refractivity contribution in [3.63, 3.8) is 0 Å². The Labute approximate surface area is 713 Å². The lowest BCUT2D eigenvalue weighted by Gasteiger charge is -2.45. The molecule has 0 bridgehead atoms. The summed E-state index contributed by atoms with van der Waals surface area (Å²) in [5.41, 5.74) is 0. The van der Waals surface area contributed by atoms with Gasteiger partial charge in [0.25, 0.3) is 0 Å². The van der Waals surface area contributed by atoms with Gasteiger partial charge in [-0.05, 0) is 347 Å². The monoisotopic (exact) mass is 2060 g/mol. The summed E-state index contributed by atoms with van der Waals surface area (Å²) in [6, 6.07) is 0. The van der Waals surface area contributed by atoms with Crippen molar-refractivity contribution in [3.8, 4) is 0 Å². The maximum absolute atomic E-state index is 7.01. The van der Waals surface area contributed by atoms with Crippen LogP contribution in [0.4, 0.5) is 0 Å². The Hall–Kier alpha value is 4.70. The summed E-state index contributed by atoms with van der Waals surface area (Å²) in [5, 5.41) is 0. The molecule has 0 aliphatic heterocycles. The van der Waals surface area contributed by atoms with Crippen LogP contribution in [-0.4, -0.2) is 253 Å². The first-order valence-electron chi connectivity index (χ1n) is 39.0. The van der Waals surface area contributed by atoms with Crippen LogP contribution in [0.3, 0.4) is 0 Å². The average Bonchev–Trinajstić information content (AvgIpc) is 0.805. The number of rotatable bonds is 55. The normalized spacial score (nSPS) is 16.2. The van der Waals surface area contributed by atoms with Gasteiger partial charge in [-0.25, -0.2) is 0 Å². The van der Waals surface area contributed by atoms with Crippen molar-refractivity contribution in [3.05, 3.63) is 0 Å². The highest BCUT2D eigenvalue weighted by molar-refractivity contribution is 6.98. The molecule has 0 atom stereocenters. The third kappa shape index (κ3) is 51.5. The highest BCUT2D eigenvalue weighted by atomic mass is 28.6. The Morgan fingerprint density at radius 3 is 0.214 bits per heavy atom. The van der Waals surface area contributed by atoms with Crippen LogP contribution in [0.1, 0.15) is 0 Å². The Bertz CT molecular complexity index is 2920. The molecule has 0 aromatic rings. The quantitative estimate of drug-likeness (QED) is 0.0512. The molecule has 0 saturated carbocycles. The predicted octanol–water partition coefficient (Wildman–Crippen LogP) is 19.2. The molecular formula is C56H168O29Si27. The zero-order valence-corrected chi connectivity index (χ0v) is 108. The first-order chi connectivity index (χ1) is 48.1. The Balaban J connectivity index is 5.95. The standard InChI is InChI=1S/C56H168O29Si27/c1-57-112(58-2,59-3)85-111(55,56)84-110(53,54)83-109(51,52)82-108(49,50)81-107(47,48)80-106(45,46)79-105(43,44)78-104(41,42)77-103(39,40)76-102(37,38)75-101(35,36)74-100(33,34)73-99(31,32)72-98(29,30)71-97(27,28)70-96(25,26)69-95(23,24)68-94(21,22)67-93(19,20)66-92(17,18)65-91(15,16)64-90(13,14)63-89(11,12)62-88(9,10)61-87(7,8)60-86(4,5)6/h1-56H3. The van der Waals surface area contributed by atoms with Gasteiger partial charge in [0.2, 0.25) is 0 Å². The molecule has 0 unspecified atom stereocenters. The van der Waals surface area contributed by atoms with E-state index in [0.717, 1.165) is 0 Å². The second kappa shape index (κ2) is 39.7. The van der Waals surface area contributed by atoms with Crippen molar-refractivity contribution in [1.82, 2.24) is 0 Å². The van der Waals surface area contributed by atoms with Crippen molar-refractivity contribution < 1.29 is 120 Å². The molecule has 0 rings (SSSR count). The van der Waals surface area contributed by atoms with Gasteiger partial charge in [-0.2, -0.15) is 0 Å². The molecule has 0 radical (unpaired) electrons.